The SMILES string of the molecule is COc1cc(C(=O)NC[C@](O)(c2cc3c(c(-c4ccc(C(F)(F)F)cc4)n2)OC[C@]3(C)C(N)=O)C2CC2)cc2cn(C3CC3)nc12. The number of fused-ring (bicyclic) bond motifs is 2. The number of hydrogen-bond acceptors (Lipinski definition) is 7. The first-order valence-corrected chi connectivity index (χ1v) is 15.1. The first-order chi connectivity index (χ1) is 21.8. The van der Waals surface area contributed by atoms with E-state index in [1.165, 1.54) is 19.2 Å². The van der Waals surface area contributed by atoms with Gasteiger partial charge in [0.1, 0.15) is 40.3 Å². The fourth-order valence-corrected chi connectivity index (χ4v) is 6.08. The number of nitrogens with zero attached hydrogens (tertiary/aromatic N) is 3. The van der Waals surface area contributed by atoms with Crippen LogP contribution in [0.4, 0.5) is 13.2 Å². The van der Waals surface area contributed by atoms with E-state index in [0.29, 0.717) is 46.8 Å². The molecule has 3 heterocycles. The highest BCUT2D eigenvalue weighted by Crippen LogP contribution is 2.50. The lowest BCUT2D eigenvalue weighted by Gasteiger charge is -2.30. The number of pyridine rings is 1. The number of carbonyl (C=O) groups is 2. The molecule has 2 aromatic carbocycles. The van der Waals surface area contributed by atoms with Crippen LogP contribution in [-0.4, -0.2) is 51.9 Å². The summed E-state index contributed by atoms with van der Waals surface area (Å²) >= 11 is 0. The van der Waals surface area contributed by atoms with Crippen LogP contribution in [0.3, 0.4) is 0 Å². The van der Waals surface area contributed by atoms with Crippen molar-refractivity contribution in [3.63, 3.8) is 0 Å². The molecule has 0 bridgehead atoms. The molecule has 7 rings (SSSR count). The second-order valence-corrected chi connectivity index (χ2v) is 12.6. The van der Waals surface area contributed by atoms with Crippen LogP contribution in [-0.2, 0) is 22.0 Å². The number of rotatable bonds is 9. The zero-order valence-corrected chi connectivity index (χ0v) is 25.1. The van der Waals surface area contributed by atoms with Crippen molar-refractivity contribution in [2.24, 2.45) is 11.7 Å². The summed E-state index contributed by atoms with van der Waals surface area (Å²) in [6.45, 7) is 1.29. The summed E-state index contributed by atoms with van der Waals surface area (Å²) in [6, 6.07) is 9.64. The number of primary amides is 1. The number of hydrogen-bond donors (Lipinski definition) is 3. The van der Waals surface area contributed by atoms with E-state index >= 15 is 0 Å². The number of alkyl halides is 3. The first kappa shape index (κ1) is 30.0. The normalized spacial score (nSPS) is 20.6. The highest BCUT2D eigenvalue weighted by atomic mass is 19.4. The minimum Gasteiger partial charge on any atom is -0.494 e. The lowest BCUT2D eigenvalue weighted by atomic mass is 9.81. The van der Waals surface area contributed by atoms with Crippen LogP contribution in [0, 0.1) is 5.92 Å². The summed E-state index contributed by atoms with van der Waals surface area (Å²) in [5, 5.41) is 20.4. The number of halogens is 3. The van der Waals surface area contributed by atoms with E-state index in [0.717, 1.165) is 30.4 Å². The quantitative estimate of drug-likeness (QED) is 0.244. The van der Waals surface area contributed by atoms with E-state index in [4.69, 9.17) is 20.2 Å². The number of aromatic nitrogens is 3. The van der Waals surface area contributed by atoms with Crippen molar-refractivity contribution >= 4 is 22.7 Å². The molecule has 3 aliphatic rings. The van der Waals surface area contributed by atoms with Gasteiger partial charge in [-0.1, -0.05) is 12.1 Å². The maximum Gasteiger partial charge on any atom is 0.416 e. The number of aliphatic hydroxyl groups is 1. The van der Waals surface area contributed by atoms with Crippen molar-refractivity contribution < 1.29 is 37.3 Å². The molecule has 2 atom stereocenters. The van der Waals surface area contributed by atoms with Crippen molar-refractivity contribution in [1.29, 1.82) is 0 Å². The minimum absolute atomic E-state index is 0.101. The molecule has 2 fully saturated rings. The van der Waals surface area contributed by atoms with Crippen LogP contribution in [0.2, 0.25) is 0 Å². The molecule has 0 spiro atoms. The van der Waals surface area contributed by atoms with E-state index in [1.54, 1.807) is 25.1 Å². The molecule has 13 heteroatoms. The van der Waals surface area contributed by atoms with Gasteiger partial charge in [0.15, 0.2) is 0 Å². The Hall–Kier alpha value is -4.65. The fourth-order valence-electron chi connectivity index (χ4n) is 6.08. The first-order valence-electron chi connectivity index (χ1n) is 15.1. The van der Waals surface area contributed by atoms with Gasteiger partial charge in [0.05, 0.1) is 31.0 Å². The number of carbonyl (C=O) groups excluding carboxylic acids is 2. The number of nitrogens with two attached hydrogens (primary N) is 1. The van der Waals surface area contributed by atoms with Gasteiger partial charge in [0, 0.05) is 28.3 Å². The summed E-state index contributed by atoms with van der Waals surface area (Å²) in [5.74, 6) is -0.729. The van der Waals surface area contributed by atoms with Gasteiger partial charge in [-0.3, -0.25) is 14.3 Å². The zero-order valence-electron chi connectivity index (χ0n) is 25.1. The average Bonchev–Trinajstić information content (AvgIpc) is 3.98. The molecule has 240 valence electrons. The molecule has 4 aromatic rings. The van der Waals surface area contributed by atoms with Crippen LogP contribution < -0.4 is 20.5 Å². The molecular weight excluding hydrogens is 603 g/mol. The lowest BCUT2D eigenvalue weighted by molar-refractivity contribution is -0.137. The standard InChI is InChI=1S/C33H32F3N5O5/c1-31(30(37)43)16-46-28-23(31)13-25(39-27(28)17-3-5-21(6-4-17)33(34,35)36)32(44,20-7-8-20)15-38-29(42)18-11-19-14-41(22-9-10-22)40-26(19)24(12-18)45-2/h3-6,11-14,20,22,44H,7-10,15-16H2,1-2H3,(H2,37,43)(H,38,42)/t31-,32+/m0/s1. The molecular formula is C33H32F3N5O5. The Labute approximate surface area is 261 Å². The Morgan fingerprint density at radius 3 is 2.48 bits per heavy atom. The molecule has 1 aliphatic heterocycles. The minimum atomic E-state index is -4.53. The van der Waals surface area contributed by atoms with Gasteiger partial charge in [0.2, 0.25) is 5.91 Å². The van der Waals surface area contributed by atoms with Crippen LogP contribution in [0.1, 0.15) is 65.8 Å². The molecule has 0 saturated heterocycles. The summed E-state index contributed by atoms with van der Waals surface area (Å²) < 4.78 is 53.2. The number of methoxy groups -OCH3 is 1. The number of nitrogens with one attached hydrogen (secondary N) is 1. The number of benzene rings is 2. The van der Waals surface area contributed by atoms with Crippen molar-refractivity contribution in [2.45, 2.75) is 55.8 Å². The van der Waals surface area contributed by atoms with E-state index in [2.05, 4.69) is 10.4 Å². The van der Waals surface area contributed by atoms with Gasteiger partial charge in [0.25, 0.3) is 5.91 Å². The predicted molar refractivity (Wildman–Crippen MR) is 160 cm³/mol. The molecule has 0 radical (unpaired) electrons. The second kappa shape index (κ2) is 10.4. The molecule has 46 heavy (non-hydrogen) atoms. The maximum absolute atomic E-state index is 13.5. The molecule has 10 nitrogen and oxygen atoms in total. The smallest absolute Gasteiger partial charge is 0.416 e. The van der Waals surface area contributed by atoms with Gasteiger partial charge >= 0.3 is 6.18 Å². The summed E-state index contributed by atoms with van der Waals surface area (Å²) in [7, 11) is 1.51. The van der Waals surface area contributed by atoms with Gasteiger partial charge < -0.3 is 25.6 Å². The Balaban J connectivity index is 1.25. The van der Waals surface area contributed by atoms with Crippen molar-refractivity contribution in [2.75, 3.05) is 20.3 Å². The van der Waals surface area contributed by atoms with Crippen molar-refractivity contribution in [1.82, 2.24) is 20.1 Å². The topological polar surface area (TPSA) is 142 Å². The largest absolute Gasteiger partial charge is 0.494 e. The van der Waals surface area contributed by atoms with E-state index in [9.17, 15) is 27.9 Å². The second-order valence-electron chi connectivity index (χ2n) is 12.6. The zero-order chi connectivity index (χ0) is 32.6. The summed E-state index contributed by atoms with van der Waals surface area (Å²) in [6.07, 6.45) is 0.765. The van der Waals surface area contributed by atoms with E-state index in [-0.39, 0.29) is 36.2 Å². The van der Waals surface area contributed by atoms with E-state index < -0.39 is 34.6 Å². The monoisotopic (exact) mass is 635 g/mol. The third-order valence-corrected chi connectivity index (χ3v) is 9.31. The third kappa shape index (κ3) is 5.02. The lowest BCUT2D eigenvalue weighted by Crippen LogP contribution is -2.44. The Kier molecular flexibility index (Phi) is 6.82. The van der Waals surface area contributed by atoms with Crippen LogP contribution in [0.25, 0.3) is 22.2 Å². The predicted octanol–water partition coefficient (Wildman–Crippen LogP) is 4.62. The molecule has 0 unspecified atom stereocenters. The summed E-state index contributed by atoms with van der Waals surface area (Å²) in [5.41, 5.74) is 3.96. The van der Waals surface area contributed by atoms with Gasteiger partial charge in [-0.05, 0) is 68.9 Å². The van der Waals surface area contributed by atoms with Gasteiger partial charge in [-0.25, -0.2) is 4.98 Å². The van der Waals surface area contributed by atoms with Crippen molar-refractivity contribution in [3.05, 3.63) is 71.0 Å². The average molecular weight is 636 g/mol. The third-order valence-electron chi connectivity index (χ3n) is 9.31. The Morgan fingerprint density at radius 2 is 1.87 bits per heavy atom. The highest BCUT2D eigenvalue weighted by Gasteiger charge is 2.50. The molecule has 2 amide bonds. The van der Waals surface area contributed by atoms with Crippen molar-refractivity contribution in [3.8, 4) is 22.8 Å². The number of ether oxygens (including phenoxy) is 2. The molecule has 2 saturated carbocycles. The molecule has 2 aliphatic carbocycles. The highest BCUT2D eigenvalue weighted by molar-refractivity contribution is 6.00. The van der Waals surface area contributed by atoms with Gasteiger partial charge in [-0.2, -0.15) is 18.3 Å². The number of amides is 2. The van der Waals surface area contributed by atoms with Gasteiger partial charge in [-0.15, -0.1) is 0 Å². The van der Waals surface area contributed by atoms with Crippen LogP contribution in [0.5, 0.6) is 11.5 Å². The van der Waals surface area contributed by atoms with Crippen LogP contribution >= 0.6 is 0 Å². The summed E-state index contributed by atoms with van der Waals surface area (Å²) in [4.78, 5) is 30.8. The van der Waals surface area contributed by atoms with E-state index in [1.807, 2.05) is 10.9 Å². The molecule has 2 aromatic heterocycles. The van der Waals surface area contributed by atoms with Crippen LogP contribution in [0.15, 0.2) is 48.7 Å². The maximum atomic E-state index is 13.5. The fraction of sp³-hybridized carbons (Fsp3) is 0.394. The Morgan fingerprint density at radius 1 is 1.15 bits per heavy atom. The molecule has 4 N–H and O–H groups in total. The Bertz CT molecular complexity index is 1880.